The average molecular weight is 270 g/mol. The predicted molar refractivity (Wildman–Crippen MR) is 68.8 cm³/mol. The molecule has 6 heteroatoms. The van der Waals surface area contributed by atoms with E-state index in [4.69, 9.17) is 0 Å². The smallest absolute Gasteiger partial charge is 0.248 e. The maximum atomic E-state index is 12.5. The summed E-state index contributed by atoms with van der Waals surface area (Å²) in [6.07, 6.45) is 4.48. The molecule has 0 bridgehead atoms. The van der Waals surface area contributed by atoms with Gasteiger partial charge in [0.1, 0.15) is 4.90 Å². The monoisotopic (exact) mass is 270 g/mol. The quantitative estimate of drug-likeness (QED) is 0.873. The molecule has 0 aliphatic heterocycles. The Balaban J connectivity index is 2.40. The van der Waals surface area contributed by atoms with E-state index in [1.54, 1.807) is 0 Å². The van der Waals surface area contributed by atoms with Gasteiger partial charge in [-0.3, -0.25) is 4.79 Å². The van der Waals surface area contributed by atoms with Crippen LogP contribution < -0.4 is 5.43 Å². The molecule has 0 amide bonds. The third-order valence-electron chi connectivity index (χ3n) is 2.87. The van der Waals surface area contributed by atoms with Gasteiger partial charge in [0.2, 0.25) is 15.5 Å². The Hall–Kier alpha value is -1.14. The van der Waals surface area contributed by atoms with Crippen molar-refractivity contribution in [1.82, 2.24) is 9.29 Å². The highest BCUT2D eigenvalue weighted by Gasteiger charge is 2.39. The van der Waals surface area contributed by atoms with E-state index in [2.05, 4.69) is 4.98 Å². The summed E-state index contributed by atoms with van der Waals surface area (Å²) in [4.78, 5) is 14.2. The standard InChI is InChI=1S/C12H18N2O3S/c1-9(2)8-14(10-3-4-10)18(16,17)12-7-13-6-5-11(12)15/h5-7,9-10H,3-4,8H2,1-2H3,(H,13,15). The summed E-state index contributed by atoms with van der Waals surface area (Å²) >= 11 is 0. The molecule has 0 radical (unpaired) electrons. The van der Waals surface area contributed by atoms with Crippen LogP contribution in [0.3, 0.4) is 0 Å². The second-order valence-corrected chi connectivity index (χ2v) is 6.93. The van der Waals surface area contributed by atoms with Gasteiger partial charge in [-0.05, 0) is 18.8 Å². The lowest BCUT2D eigenvalue weighted by Crippen LogP contribution is -2.38. The molecule has 1 aromatic rings. The van der Waals surface area contributed by atoms with Crippen LogP contribution >= 0.6 is 0 Å². The van der Waals surface area contributed by atoms with E-state index in [0.717, 1.165) is 12.8 Å². The first-order valence-electron chi connectivity index (χ1n) is 6.12. The maximum Gasteiger partial charge on any atom is 0.248 e. The first-order chi connectivity index (χ1) is 8.43. The van der Waals surface area contributed by atoms with E-state index in [1.807, 2.05) is 13.8 Å². The van der Waals surface area contributed by atoms with Gasteiger partial charge in [-0.25, -0.2) is 8.42 Å². The molecule has 1 aromatic heterocycles. The molecule has 1 fully saturated rings. The zero-order chi connectivity index (χ0) is 13.3. The van der Waals surface area contributed by atoms with Crippen LogP contribution in [-0.2, 0) is 10.0 Å². The highest BCUT2D eigenvalue weighted by molar-refractivity contribution is 7.89. The molecule has 0 aromatic carbocycles. The van der Waals surface area contributed by atoms with Gasteiger partial charge < -0.3 is 4.98 Å². The molecule has 2 rings (SSSR count). The number of sulfonamides is 1. The van der Waals surface area contributed by atoms with Crippen molar-refractivity contribution < 1.29 is 8.42 Å². The average Bonchev–Trinajstić information content (AvgIpc) is 3.09. The Bertz CT molecular complexity index is 573. The van der Waals surface area contributed by atoms with Crippen LogP contribution in [0.5, 0.6) is 0 Å². The fraction of sp³-hybridized carbons (Fsp3) is 0.583. The number of hydrogen-bond donors (Lipinski definition) is 1. The number of nitrogens with zero attached hydrogens (tertiary/aromatic N) is 1. The van der Waals surface area contributed by atoms with Crippen LogP contribution in [0.4, 0.5) is 0 Å². The second-order valence-electron chi connectivity index (χ2n) is 5.07. The number of hydrogen-bond acceptors (Lipinski definition) is 3. The summed E-state index contributed by atoms with van der Waals surface area (Å²) in [5.41, 5.74) is -0.455. The molecule has 1 aliphatic carbocycles. The van der Waals surface area contributed by atoms with Crippen LogP contribution in [0.15, 0.2) is 28.2 Å². The number of H-pyrrole nitrogens is 1. The molecule has 5 nitrogen and oxygen atoms in total. The third-order valence-corrected chi connectivity index (χ3v) is 4.81. The van der Waals surface area contributed by atoms with Crippen molar-refractivity contribution >= 4 is 10.0 Å². The van der Waals surface area contributed by atoms with Crippen LogP contribution in [0.2, 0.25) is 0 Å². The van der Waals surface area contributed by atoms with Crippen molar-refractivity contribution in [2.45, 2.75) is 37.6 Å². The summed E-state index contributed by atoms with van der Waals surface area (Å²) in [6.45, 7) is 4.40. The van der Waals surface area contributed by atoms with Crippen molar-refractivity contribution in [3.05, 3.63) is 28.7 Å². The molecular weight excluding hydrogens is 252 g/mol. The number of rotatable bonds is 5. The molecule has 0 atom stereocenters. The van der Waals surface area contributed by atoms with E-state index >= 15 is 0 Å². The van der Waals surface area contributed by atoms with E-state index in [-0.39, 0.29) is 16.9 Å². The van der Waals surface area contributed by atoms with Gasteiger partial charge in [-0.2, -0.15) is 4.31 Å². The Labute approximate surface area is 107 Å². The van der Waals surface area contributed by atoms with Gasteiger partial charge in [0, 0.05) is 31.0 Å². The van der Waals surface area contributed by atoms with E-state index in [0.29, 0.717) is 6.54 Å². The molecule has 0 spiro atoms. The topological polar surface area (TPSA) is 70.2 Å². The van der Waals surface area contributed by atoms with Gasteiger partial charge in [0.15, 0.2) is 0 Å². The van der Waals surface area contributed by atoms with Crippen molar-refractivity contribution in [2.75, 3.05) is 6.54 Å². The fourth-order valence-corrected chi connectivity index (χ4v) is 3.78. The summed E-state index contributed by atoms with van der Waals surface area (Å²) in [6, 6.07) is 1.31. The molecule has 100 valence electrons. The number of nitrogens with one attached hydrogen (secondary N) is 1. The second kappa shape index (κ2) is 4.85. The molecular formula is C12H18N2O3S. The Morgan fingerprint density at radius 2 is 2.11 bits per heavy atom. The minimum Gasteiger partial charge on any atom is -0.366 e. The van der Waals surface area contributed by atoms with Gasteiger partial charge >= 0.3 is 0 Å². The Morgan fingerprint density at radius 3 is 2.61 bits per heavy atom. The number of aromatic nitrogens is 1. The summed E-state index contributed by atoms with van der Waals surface area (Å²) in [7, 11) is -3.67. The number of aromatic amines is 1. The normalized spacial score (nSPS) is 16.4. The summed E-state index contributed by atoms with van der Waals surface area (Å²) in [5, 5.41) is 0. The molecule has 18 heavy (non-hydrogen) atoms. The lowest BCUT2D eigenvalue weighted by atomic mass is 10.2. The maximum absolute atomic E-state index is 12.5. The first kappa shape index (κ1) is 13.3. The molecule has 1 aliphatic rings. The van der Waals surface area contributed by atoms with E-state index in [1.165, 1.54) is 22.8 Å². The molecule has 0 saturated heterocycles. The molecule has 1 N–H and O–H groups in total. The SMILES string of the molecule is CC(C)CN(C1CC1)S(=O)(=O)c1c[nH]ccc1=O. The van der Waals surface area contributed by atoms with Crippen LogP contribution in [0.25, 0.3) is 0 Å². The van der Waals surface area contributed by atoms with Crippen molar-refractivity contribution in [2.24, 2.45) is 5.92 Å². The molecule has 1 heterocycles. The third kappa shape index (κ3) is 2.64. The van der Waals surface area contributed by atoms with Crippen LogP contribution in [-0.4, -0.2) is 30.3 Å². The fourth-order valence-electron chi connectivity index (χ4n) is 1.89. The molecule has 1 saturated carbocycles. The van der Waals surface area contributed by atoms with Crippen molar-refractivity contribution in [1.29, 1.82) is 0 Å². The summed E-state index contributed by atoms with van der Waals surface area (Å²) in [5.74, 6) is 0.239. The van der Waals surface area contributed by atoms with E-state index in [9.17, 15) is 13.2 Å². The highest BCUT2D eigenvalue weighted by atomic mass is 32.2. The lowest BCUT2D eigenvalue weighted by Gasteiger charge is -2.23. The minimum atomic E-state index is -3.67. The Kier molecular flexibility index (Phi) is 3.59. The van der Waals surface area contributed by atoms with Gasteiger partial charge in [0.25, 0.3) is 0 Å². The Morgan fingerprint density at radius 1 is 1.44 bits per heavy atom. The predicted octanol–water partition coefficient (Wildman–Crippen LogP) is 1.18. The van der Waals surface area contributed by atoms with Crippen LogP contribution in [0.1, 0.15) is 26.7 Å². The summed E-state index contributed by atoms with van der Waals surface area (Å²) < 4.78 is 26.4. The first-order valence-corrected chi connectivity index (χ1v) is 7.56. The van der Waals surface area contributed by atoms with E-state index < -0.39 is 15.5 Å². The van der Waals surface area contributed by atoms with Gasteiger partial charge in [-0.15, -0.1) is 0 Å². The lowest BCUT2D eigenvalue weighted by molar-refractivity contribution is 0.359. The van der Waals surface area contributed by atoms with Gasteiger partial charge in [0.05, 0.1) is 0 Å². The molecule has 0 unspecified atom stereocenters. The van der Waals surface area contributed by atoms with Crippen molar-refractivity contribution in [3.8, 4) is 0 Å². The van der Waals surface area contributed by atoms with Crippen LogP contribution in [0, 0.1) is 5.92 Å². The highest BCUT2D eigenvalue weighted by Crippen LogP contribution is 2.31. The van der Waals surface area contributed by atoms with Crippen molar-refractivity contribution in [3.63, 3.8) is 0 Å². The zero-order valence-electron chi connectivity index (χ0n) is 10.6. The van der Waals surface area contributed by atoms with Gasteiger partial charge in [-0.1, -0.05) is 13.8 Å². The number of pyridine rings is 1. The zero-order valence-corrected chi connectivity index (χ0v) is 11.4. The minimum absolute atomic E-state index is 0.0667. The largest absolute Gasteiger partial charge is 0.366 e.